The molecule has 1 aliphatic heterocycles. The molecule has 33 heavy (non-hydrogen) atoms. The summed E-state index contributed by atoms with van der Waals surface area (Å²) in [6.07, 6.45) is 1.81. The van der Waals surface area contributed by atoms with Crippen LogP contribution in [0, 0.1) is 20.8 Å². The molecule has 1 aliphatic rings. The lowest BCUT2D eigenvalue weighted by Gasteiger charge is -2.26. The van der Waals surface area contributed by atoms with Gasteiger partial charge in [-0.1, -0.05) is 34.1 Å². The molecule has 2 aromatic heterocycles. The molecule has 1 N–H and O–H groups in total. The zero-order chi connectivity index (χ0) is 23.1. The molecule has 2 atom stereocenters. The van der Waals surface area contributed by atoms with Crippen LogP contribution in [0.2, 0.25) is 0 Å². The van der Waals surface area contributed by atoms with Crippen molar-refractivity contribution in [2.75, 3.05) is 4.90 Å². The van der Waals surface area contributed by atoms with Gasteiger partial charge in [-0.2, -0.15) is 0 Å². The monoisotopic (exact) mass is 517 g/mol. The fourth-order valence-electron chi connectivity index (χ4n) is 4.27. The standard InChI is InChI=1S/C27H24BrN3OS/c1-16-7-10-20(21(28)14-16)23-11-12-24(32-23)26-25(22-6-4-5-13-29-22)30-27(33)31(26)19-9-8-17(2)18(3)15-19/h4-15,25-26H,1-3H3,(H,30,33)/t25-,26-/m0/s1. The van der Waals surface area contributed by atoms with Gasteiger partial charge in [0.05, 0.1) is 11.7 Å². The van der Waals surface area contributed by atoms with Crippen LogP contribution in [0.15, 0.2) is 81.8 Å². The van der Waals surface area contributed by atoms with E-state index in [2.05, 4.69) is 88.3 Å². The molecular weight excluding hydrogens is 494 g/mol. The average Bonchev–Trinajstić information content (AvgIpc) is 3.41. The van der Waals surface area contributed by atoms with Crippen molar-refractivity contribution >= 4 is 38.9 Å². The smallest absolute Gasteiger partial charge is 0.174 e. The van der Waals surface area contributed by atoms with Gasteiger partial charge in [0.2, 0.25) is 0 Å². The van der Waals surface area contributed by atoms with Crippen LogP contribution in [0.25, 0.3) is 11.3 Å². The average molecular weight is 518 g/mol. The van der Waals surface area contributed by atoms with E-state index < -0.39 is 0 Å². The third-order valence-corrected chi connectivity index (χ3v) is 7.15. The molecule has 0 aliphatic carbocycles. The number of nitrogens with one attached hydrogen (secondary N) is 1. The largest absolute Gasteiger partial charge is 0.459 e. The Balaban J connectivity index is 1.61. The normalized spacial score (nSPS) is 17.9. The van der Waals surface area contributed by atoms with Gasteiger partial charge in [0.15, 0.2) is 5.11 Å². The van der Waals surface area contributed by atoms with Crippen molar-refractivity contribution in [1.82, 2.24) is 10.3 Å². The number of anilines is 1. The van der Waals surface area contributed by atoms with Gasteiger partial charge < -0.3 is 14.6 Å². The topological polar surface area (TPSA) is 41.3 Å². The Morgan fingerprint density at radius 2 is 1.82 bits per heavy atom. The second-order valence-corrected chi connectivity index (χ2v) is 9.69. The highest BCUT2D eigenvalue weighted by Gasteiger charge is 2.42. The lowest BCUT2D eigenvalue weighted by atomic mass is 10.0. The minimum Gasteiger partial charge on any atom is -0.459 e. The molecule has 4 aromatic rings. The number of rotatable bonds is 4. The number of aromatic nitrogens is 1. The van der Waals surface area contributed by atoms with Gasteiger partial charge >= 0.3 is 0 Å². The van der Waals surface area contributed by atoms with Crippen LogP contribution >= 0.6 is 28.1 Å². The van der Waals surface area contributed by atoms with E-state index in [9.17, 15) is 0 Å². The summed E-state index contributed by atoms with van der Waals surface area (Å²) in [5.41, 5.74) is 6.64. The molecule has 1 saturated heterocycles. The molecule has 0 radical (unpaired) electrons. The molecule has 2 aromatic carbocycles. The van der Waals surface area contributed by atoms with Crippen molar-refractivity contribution in [2.45, 2.75) is 32.9 Å². The molecule has 5 rings (SSSR count). The van der Waals surface area contributed by atoms with Gasteiger partial charge in [0, 0.05) is 21.9 Å². The van der Waals surface area contributed by atoms with E-state index >= 15 is 0 Å². The fourth-order valence-corrected chi connectivity index (χ4v) is 5.31. The van der Waals surface area contributed by atoms with Crippen LogP contribution in [0.5, 0.6) is 0 Å². The van der Waals surface area contributed by atoms with Gasteiger partial charge in [0.1, 0.15) is 17.6 Å². The van der Waals surface area contributed by atoms with Crippen LogP contribution in [-0.2, 0) is 0 Å². The summed E-state index contributed by atoms with van der Waals surface area (Å²) >= 11 is 9.51. The molecule has 0 unspecified atom stereocenters. The van der Waals surface area contributed by atoms with Crippen molar-refractivity contribution in [1.29, 1.82) is 0 Å². The Morgan fingerprint density at radius 1 is 0.970 bits per heavy atom. The van der Waals surface area contributed by atoms with Crippen LogP contribution in [0.3, 0.4) is 0 Å². The third kappa shape index (κ3) is 4.09. The molecular formula is C27H24BrN3OS. The van der Waals surface area contributed by atoms with Gasteiger partial charge in [0.25, 0.3) is 0 Å². The molecule has 6 heteroatoms. The molecule has 166 valence electrons. The zero-order valence-corrected chi connectivity index (χ0v) is 21.1. The summed E-state index contributed by atoms with van der Waals surface area (Å²) in [5, 5.41) is 4.16. The first-order valence-corrected chi connectivity index (χ1v) is 12.1. The summed E-state index contributed by atoms with van der Waals surface area (Å²) in [4.78, 5) is 6.77. The molecule has 0 bridgehead atoms. The predicted octanol–water partition coefficient (Wildman–Crippen LogP) is 7.21. The molecule has 0 amide bonds. The molecule has 4 nitrogen and oxygen atoms in total. The number of nitrogens with zero attached hydrogens (tertiary/aromatic N) is 2. The Morgan fingerprint density at radius 3 is 2.55 bits per heavy atom. The molecule has 0 spiro atoms. The Bertz CT molecular complexity index is 1330. The lowest BCUT2D eigenvalue weighted by molar-refractivity contribution is 0.439. The van der Waals surface area contributed by atoms with Gasteiger partial charge in [-0.3, -0.25) is 4.98 Å². The number of halogens is 1. The number of hydrogen-bond acceptors (Lipinski definition) is 3. The maximum atomic E-state index is 6.48. The van der Waals surface area contributed by atoms with Crippen molar-refractivity contribution < 1.29 is 4.42 Å². The third-order valence-electron chi connectivity index (χ3n) is 6.18. The van der Waals surface area contributed by atoms with E-state index in [0.717, 1.165) is 32.9 Å². The van der Waals surface area contributed by atoms with E-state index in [0.29, 0.717) is 5.11 Å². The molecule has 0 saturated carbocycles. The fraction of sp³-hybridized carbons (Fsp3) is 0.185. The first kappa shape index (κ1) is 21.9. The highest BCUT2D eigenvalue weighted by molar-refractivity contribution is 9.10. The van der Waals surface area contributed by atoms with E-state index in [4.69, 9.17) is 16.6 Å². The number of furan rings is 1. The maximum absolute atomic E-state index is 6.48. The minimum absolute atomic E-state index is 0.138. The minimum atomic E-state index is -0.174. The maximum Gasteiger partial charge on any atom is 0.174 e. The van der Waals surface area contributed by atoms with Crippen molar-refractivity contribution in [3.05, 3.63) is 106 Å². The van der Waals surface area contributed by atoms with Crippen LogP contribution in [0.4, 0.5) is 5.69 Å². The Labute approximate surface area is 207 Å². The van der Waals surface area contributed by atoms with Crippen molar-refractivity contribution in [3.8, 4) is 11.3 Å². The van der Waals surface area contributed by atoms with Gasteiger partial charge in [-0.15, -0.1) is 0 Å². The predicted molar refractivity (Wildman–Crippen MR) is 140 cm³/mol. The molecule has 1 fully saturated rings. The highest BCUT2D eigenvalue weighted by Crippen LogP contribution is 2.43. The van der Waals surface area contributed by atoms with Crippen LogP contribution < -0.4 is 10.2 Å². The second-order valence-electron chi connectivity index (χ2n) is 8.45. The number of thiocarbonyl (C=S) groups is 1. The highest BCUT2D eigenvalue weighted by atomic mass is 79.9. The summed E-state index contributed by atoms with van der Waals surface area (Å²) in [6, 6.07) is 22.4. The number of aryl methyl sites for hydroxylation is 3. The summed E-state index contributed by atoms with van der Waals surface area (Å²) in [6.45, 7) is 6.31. The van der Waals surface area contributed by atoms with E-state index in [1.807, 2.05) is 36.5 Å². The molecule has 3 heterocycles. The summed E-state index contributed by atoms with van der Waals surface area (Å²) in [7, 11) is 0. The lowest BCUT2D eigenvalue weighted by Crippen LogP contribution is -2.29. The van der Waals surface area contributed by atoms with E-state index in [-0.39, 0.29) is 12.1 Å². The van der Waals surface area contributed by atoms with Gasteiger partial charge in [-0.05, 0) is 98.2 Å². The van der Waals surface area contributed by atoms with Crippen molar-refractivity contribution in [2.24, 2.45) is 0 Å². The van der Waals surface area contributed by atoms with Crippen LogP contribution in [0.1, 0.15) is 40.2 Å². The van der Waals surface area contributed by atoms with Crippen LogP contribution in [-0.4, -0.2) is 10.1 Å². The van der Waals surface area contributed by atoms with Gasteiger partial charge in [-0.25, -0.2) is 0 Å². The SMILES string of the molecule is Cc1ccc(-c2ccc([C@H]3[C@H](c4ccccn4)NC(=S)N3c3ccc(C)c(C)c3)o2)c(Br)c1. The number of hydrogen-bond donors (Lipinski definition) is 1. The zero-order valence-electron chi connectivity index (χ0n) is 18.7. The van der Waals surface area contributed by atoms with E-state index in [1.165, 1.54) is 16.7 Å². The Hall–Kier alpha value is -2.96. The second kappa shape index (κ2) is 8.76. The van der Waals surface area contributed by atoms with Crippen molar-refractivity contribution in [3.63, 3.8) is 0 Å². The first-order chi connectivity index (χ1) is 15.9. The number of pyridine rings is 1. The summed E-state index contributed by atoms with van der Waals surface area (Å²) in [5.74, 6) is 1.65. The first-order valence-electron chi connectivity index (χ1n) is 10.9. The van der Waals surface area contributed by atoms with E-state index in [1.54, 1.807) is 0 Å². The Kier molecular flexibility index (Phi) is 5.81. The quantitative estimate of drug-likeness (QED) is 0.289. The summed E-state index contributed by atoms with van der Waals surface area (Å²) < 4.78 is 7.49. The number of benzene rings is 2.